The first-order valence-corrected chi connectivity index (χ1v) is 8.29. The van der Waals surface area contributed by atoms with Gasteiger partial charge in [-0.1, -0.05) is 6.42 Å². The van der Waals surface area contributed by atoms with Crippen molar-refractivity contribution in [3.05, 3.63) is 28.6 Å². The van der Waals surface area contributed by atoms with Crippen molar-refractivity contribution in [3.8, 4) is 0 Å². The van der Waals surface area contributed by atoms with E-state index >= 15 is 0 Å². The predicted octanol–water partition coefficient (Wildman–Crippen LogP) is 0.725. The van der Waals surface area contributed by atoms with Crippen LogP contribution in [0.25, 0.3) is 0 Å². The van der Waals surface area contributed by atoms with E-state index in [9.17, 15) is 4.79 Å². The fourth-order valence-electron chi connectivity index (χ4n) is 3.33. The number of amides is 1. The highest BCUT2D eigenvalue weighted by atomic mass is 35.5. The van der Waals surface area contributed by atoms with Gasteiger partial charge in [-0.2, -0.15) is 5.10 Å². The molecule has 1 amide bonds. The number of halogens is 1. The van der Waals surface area contributed by atoms with E-state index in [1.165, 1.54) is 6.42 Å². The van der Waals surface area contributed by atoms with Gasteiger partial charge >= 0.3 is 0 Å². The average molecular weight is 352 g/mol. The molecule has 8 nitrogen and oxygen atoms in total. The highest BCUT2D eigenvalue weighted by molar-refractivity contribution is 5.93. The molecule has 4 rings (SSSR count). The van der Waals surface area contributed by atoms with Gasteiger partial charge in [0.05, 0.1) is 6.54 Å². The van der Waals surface area contributed by atoms with Gasteiger partial charge < -0.3 is 15.2 Å². The first-order chi connectivity index (χ1) is 11.3. The maximum atomic E-state index is 12.4. The zero-order valence-corrected chi connectivity index (χ0v) is 14.3. The van der Waals surface area contributed by atoms with Crippen molar-refractivity contribution in [1.82, 2.24) is 35.6 Å². The zero-order chi connectivity index (χ0) is 15.6. The molecule has 2 aliphatic heterocycles. The fourth-order valence-corrected chi connectivity index (χ4v) is 3.33. The van der Waals surface area contributed by atoms with Crippen molar-refractivity contribution in [1.29, 1.82) is 0 Å². The maximum Gasteiger partial charge on any atom is 0.272 e. The van der Waals surface area contributed by atoms with Crippen LogP contribution in [0, 0.1) is 0 Å². The monoisotopic (exact) mass is 351 g/mol. The molecule has 0 atom stereocenters. The largest absolute Gasteiger partial charge is 0.343 e. The quantitative estimate of drug-likeness (QED) is 0.756. The lowest BCUT2D eigenvalue weighted by atomic mass is 10.1. The summed E-state index contributed by atoms with van der Waals surface area (Å²) in [5.41, 5.74) is 2.53. The highest BCUT2D eigenvalue weighted by Gasteiger charge is 2.22. The van der Waals surface area contributed by atoms with Crippen molar-refractivity contribution in [2.24, 2.45) is 0 Å². The molecule has 0 bridgehead atoms. The number of aromatic amines is 1. The Kier molecular flexibility index (Phi) is 5.15. The first kappa shape index (κ1) is 16.9. The van der Waals surface area contributed by atoms with Crippen LogP contribution in [0.15, 0.2) is 0 Å². The number of H-pyrrole nitrogens is 1. The lowest BCUT2D eigenvalue weighted by Gasteiger charge is -2.13. The van der Waals surface area contributed by atoms with E-state index in [4.69, 9.17) is 0 Å². The smallest absolute Gasteiger partial charge is 0.272 e. The van der Waals surface area contributed by atoms with Crippen molar-refractivity contribution in [2.75, 3.05) is 6.54 Å². The van der Waals surface area contributed by atoms with Gasteiger partial charge in [0.1, 0.15) is 5.82 Å². The van der Waals surface area contributed by atoms with Crippen LogP contribution in [0.3, 0.4) is 0 Å². The Morgan fingerprint density at radius 2 is 2.12 bits per heavy atom. The molecular formula is C15H22ClN7O. The van der Waals surface area contributed by atoms with E-state index in [0.29, 0.717) is 18.8 Å². The van der Waals surface area contributed by atoms with Crippen molar-refractivity contribution in [2.45, 2.75) is 51.7 Å². The molecular weight excluding hydrogens is 330 g/mol. The number of rotatable bonds is 3. The third-order valence-corrected chi connectivity index (χ3v) is 4.61. The Balaban J connectivity index is 0.00000169. The summed E-state index contributed by atoms with van der Waals surface area (Å²) in [4.78, 5) is 12.4. The molecule has 0 saturated carbocycles. The topological polar surface area (TPSA) is 101 Å². The van der Waals surface area contributed by atoms with E-state index in [2.05, 4.69) is 35.6 Å². The molecule has 9 heteroatoms. The molecule has 2 aliphatic rings. The summed E-state index contributed by atoms with van der Waals surface area (Å²) in [5.74, 6) is 1.71. The number of hydrogen-bond donors (Lipinski definition) is 3. The molecule has 0 aliphatic carbocycles. The Morgan fingerprint density at radius 3 is 3.04 bits per heavy atom. The number of fused-ring (bicyclic) bond motifs is 2. The van der Waals surface area contributed by atoms with Gasteiger partial charge in [0.2, 0.25) is 0 Å². The minimum atomic E-state index is -0.155. The molecule has 3 N–H and O–H groups in total. The summed E-state index contributed by atoms with van der Waals surface area (Å²) in [6.45, 7) is 2.94. The molecule has 2 aromatic heterocycles. The third kappa shape index (κ3) is 3.16. The maximum absolute atomic E-state index is 12.4. The minimum Gasteiger partial charge on any atom is -0.343 e. The number of aromatic nitrogens is 5. The van der Waals surface area contributed by atoms with E-state index in [-0.39, 0.29) is 18.3 Å². The van der Waals surface area contributed by atoms with Crippen LogP contribution in [-0.4, -0.2) is 37.4 Å². The van der Waals surface area contributed by atoms with E-state index in [1.807, 2.05) is 0 Å². The van der Waals surface area contributed by atoms with Crippen molar-refractivity contribution >= 4 is 18.3 Å². The van der Waals surface area contributed by atoms with Crippen LogP contribution in [0.5, 0.6) is 0 Å². The predicted molar refractivity (Wildman–Crippen MR) is 90.0 cm³/mol. The van der Waals surface area contributed by atoms with E-state index in [0.717, 1.165) is 61.7 Å². The summed E-state index contributed by atoms with van der Waals surface area (Å²) < 4.78 is 2.15. The molecule has 0 aromatic carbocycles. The van der Waals surface area contributed by atoms with Gasteiger partial charge in [-0.15, -0.1) is 22.6 Å². The van der Waals surface area contributed by atoms with Gasteiger partial charge in [0, 0.05) is 43.7 Å². The highest BCUT2D eigenvalue weighted by Crippen LogP contribution is 2.16. The number of nitrogens with one attached hydrogen (secondary N) is 3. The van der Waals surface area contributed by atoms with Gasteiger partial charge in [0.25, 0.3) is 5.91 Å². The number of aryl methyl sites for hydroxylation is 1. The second kappa shape index (κ2) is 7.31. The van der Waals surface area contributed by atoms with E-state index < -0.39 is 0 Å². The number of carbonyl (C=O) groups excluding carboxylic acids is 1. The molecule has 0 fully saturated rings. The van der Waals surface area contributed by atoms with Gasteiger partial charge in [-0.05, 0) is 12.8 Å². The molecule has 4 heterocycles. The summed E-state index contributed by atoms with van der Waals surface area (Å²) in [6.07, 6.45) is 5.38. The molecule has 2 aromatic rings. The van der Waals surface area contributed by atoms with Crippen LogP contribution in [0.2, 0.25) is 0 Å². The Bertz CT molecular complexity index is 723. The number of carbonyl (C=O) groups is 1. The Morgan fingerprint density at radius 1 is 1.21 bits per heavy atom. The molecule has 0 radical (unpaired) electrons. The normalized spacial score (nSPS) is 16.5. The van der Waals surface area contributed by atoms with Crippen LogP contribution >= 0.6 is 12.4 Å². The SMILES string of the molecule is Cl.O=C(NCc1nnc2n1CCCCC2)c1n[nH]c2c1CNCC2. The molecule has 0 saturated heterocycles. The Labute approximate surface area is 146 Å². The second-order valence-electron chi connectivity index (χ2n) is 6.13. The summed E-state index contributed by atoms with van der Waals surface area (Å²) in [6, 6.07) is 0. The van der Waals surface area contributed by atoms with Crippen LogP contribution < -0.4 is 10.6 Å². The van der Waals surface area contributed by atoms with Gasteiger partial charge in [-0.3, -0.25) is 9.89 Å². The molecule has 130 valence electrons. The summed E-state index contributed by atoms with van der Waals surface area (Å²) >= 11 is 0. The van der Waals surface area contributed by atoms with Crippen LogP contribution in [-0.2, 0) is 32.5 Å². The van der Waals surface area contributed by atoms with Crippen molar-refractivity contribution in [3.63, 3.8) is 0 Å². The molecule has 24 heavy (non-hydrogen) atoms. The number of nitrogens with zero attached hydrogens (tertiary/aromatic N) is 4. The fraction of sp³-hybridized carbons (Fsp3) is 0.600. The lowest BCUT2D eigenvalue weighted by Crippen LogP contribution is -2.29. The van der Waals surface area contributed by atoms with Gasteiger partial charge in [-0.25, -0.2) is 0 Å². The van der Waals surface area contributed by atoms with Gasteiger partial charge in [0.15, 0.2) is 11.5 Å². The summed E-state index contributed by atoms with van der Waals surface area (Å²) in [5, 5.41) is 21.9. The molecule has 0 spiro atoms. The standard InChI is InChI=1S/C15H21N7O.ClH/c23-15(14-10-8-16-6-5-11(10)18-21-14)17-9-13-20-19-12-4-2-1-3-7-22(12)13;/h16H,1-9H2,(H,17,23)(H,18,21);1H. The van der Waals surface area contributed by atoms with Crippen LogP contribution in [0.4, 0.5) is 0 Å². The zero-order valence-electron chi connectivity index (χ0n) is 13.5. The number of hydrogen-bond acceptors (Lipinski definition) is 5. The summed E-state index contributed by atoms with van der Waals surface area (Å²) in [7, 11) is 0. The third-order valence-electron chi connectivity index (χ3n) is 4.61. The minimum absolute atomic E-state index is 0. The molecule has 0 unspecified atom stereocenters. The average Bonchev–Trinajstić information content (AvgIpc) is 3.10. The van der Waals surface area contributed by atoms with Crippen LogP contribution in [0.1, 0.15) is 52.7 Å². The lowest BCUT2D eigenvalue weighted by molar-refractivity contribution is 0.0943. The second-order valence-corrected chi connectivity index (χ2v) is 6.13. The van der Waals surface area contributed by atoms with Crippen molar-refractivity contribution < 1.29 is 4.79 Å². The van der Waals surface area contributed by atoms with E-state index in [1.54, 1.807) is 0 Å². The Hall–Kier alpha value is -1.93. The first-order valence-electron chi connectivity index (χ1n) is 8.29.